The third kappa shape index (κ3) is 6.02. The number of aromatic nitrogens is 2. The molecule has 0 spiro atoms. The van der Waals surface area contributed by atoms with Gasteiger partial charge in [0.2, 0.25) is 17.6 Å². The number of amides is 1. The van der Waals surface area contributed by atoms with Crippen molar-refractivity contribution < 1.29 is 14.1 Å². The number of rotatable bonds is 8. The summed E-state index contributed by atoms with van der Waals surface area (Å²) >= 11 is 5.91. The van der Waals surface area contributed by atoms with Crippen LogP contribution in [0.2, 0.25) is 5.02 Å². The lowest BCUT2D eigenvalue weighted by Gasteiger charge is -2.34. The predicted molar refractivity (Wildman–Crippen MR) is 107 cm³/mol. The molecule has 2 aromatic rings. The van der Waals surface area contributed by atoms with E-state index in [1.165, 1.54) is 0 Å². The first-order valence-corrected chi connectivity index (χ1v) is 10.1. The lowest BCUT2D eigenvalue weighted by atomic mass is 10.2. The number of halogens is 1. The van der Waals surface area contributed by atoms with Crippen molar-refractivity contribution in [1.82, 2.24) is 19.9 Å². The number of benzene rings is 1. The molecular formula is C20H27ClN4O3. The van der Waals surface area contributed by atoms with Gasteiger partial charge in [-0.25, -0.2) is 0 Å². The molecule has 0 radical (unpaired) electrons. The number of carbonyl (C=O) groups excluding carboxylic acids is 1. The second-order valence-corrected chi connectivity index (χ2v) is 7.83. The van der Waals surface area contributed by atoms with Crippen LogP contribution in [0.4, 0.5) is 0 Å². The minimum absolute atomic E-state index is 0.159. The van der Waals surface area contributed by atoms with E-state index in [9.17, 15) is 4.79 Å². The first-order valence-electron chi connectivity index (χ1n) is 9.67. The minimum Gasteiger partial charge on any atom is -0.381 e. The fourth-order valence-electron chi connectivity index (χ4n) is 3.02. The molecule has 0 atom stereocenters. The zero-order valence-electron chi connectivity index (χ0n) is 16.4. The summed E-state index contributed by atoms with van der Waals surface area (Å²) in [6, 6.07) is 7.34. The van der Waals surface area contributed by atoms with E-state index in [-0.39, 0.29) is 5.91 Å². The standard InChI is InChI=1S/C20H27ClN4O3/c1-15(2)14-27-12-7-19(26)25-10-8-24(9-11-25)13-18-22-20(23-28-18)16-3-5-17(21)6-4-16/h3-6,15H,7-14H2,1-2H3. The van der Waals surface area contributed by atoms with Gasteiger partial charge >= 0.3 is 0 Å². The number of nitrogens with zero attached hydrogens (tertiary/aromatic N) is 4. The zero-order chi connectivity index (χ0) is 19.9. The van der Waals surface area contributed by atoms with Crippen molar-refractivity contribution in [2.75, 3.05) is 39.4 Å². The third-order valence-corrected chi connectivity index (χ3v) is 4.82. The molecule has 3 rings (SSSR count). The lowest BCUT2D eigenvalue weighted by Crippen LogP contribution is -2.48. The molecule has 1 saturated heterocycles. The van der Waals surface area contributed by atoms with Gasteiger partial charge in [0.1, 0.15) is 0 Å². The van der Waals surface area contributed by atoms with Crippen LogP contribution in [0, 0.1) is 5.92 Å². The number of ether oxygens (including phenoxy) is 1. The summed E-state index contributed by atoms with van der Waals surface area (Å²) in [5.41, 5.74) is 0.870. The Morgan fingerprint density at radius 1 is 1.21 bits per heavy atom. The largest absolute Gasteiger partial charge is 0.381 e. The smallest absolute Gasteiger partial charge is 0.241 e. The summed E-state index contributed by atoms with van der Waals surface area (Å²) in [6.45, 7) is 8.97. The molecular weight excluding hydrogens is 380 g/mol. The summed E-state index contributed by atoms with van der Waals surface area (Å²) in [4.78, 5) is 20.9. The van der Waals surface area contributed by atoms with Gasteiger partial charge in [0.15, 0.2) is 0 Å². The van der Waals surface area contributed by atoms with Crippen molar-refractivity contribution in [2.24, 2.45) is 5.92 Å². The molecule has 0 saturated carbocycles. The average molecular weight is 407 g/mol. The van der Waals surface area contributed by atoms with Gasteiger partial charge in [0.05, 0.1) is 19.6 Å². The second kappa shape index (κ2) is 10.0. The van der Waals surface area contributed by atoms with Gasteiger partial charge < -0.3 is 14.2 Å². The van der Waals surface area contributed by atoms with Crippen molar-refractivity contribution in [1.29, 1.82) is 0 Å². The van der Waals surface area contributed by atoms with Gasteiger partial charge in [0.25, 0.3) is 0 Å². The van der Waals surface area contributed by atoms with Crippen LogP contribution in [0.1, 0.15) is 26.2 Å². The number of hydrogen-bond donors (Lipinski definition) is 0. The molecule has 1 aromatic heterocycles. The summed E-state index contributed by atoms with van der Waals surface area (Å²) in [5, 5.41) is 4.72. The quantitative estimate of drug-likeness (QED) is 0.627. The number of carbonyl (C=O) groups is 1. The first kappa shape index (κ1) is 20.8. The molecule has 0 bridgehead atoms. The maximum Gasteiger partial charge on any atom is 0.241 e. The van der Waals surface area contributed by atoms with Crippen molar-refractivity contribution >= 4 is 17.5 Å². The molecule has 1 aliphatic heterocycles. The molecule has 1 aromatic carbocycles. The lowest BCUT2D eigenvalue weighted by molar-refractivity contribution is -0.134. The molecule has 0 aliphatic carbocycles. The highest BCUT2D eigenvalue weighted by atomic mass is 35.5. The van der Waals surface area contributed by atoms with Crippen LogP contribution in [0.15, 0.2) is 28.8 Å². The van der Waals surface area contributed by atoms with Crippen molar-refractivity contribution in [3.05, 3.63) is 35.2 Å². The molecule has 7 nitrogen and oxygen atoms in total. The highest BCUT2D eigenvalue weighted by Gasteiger charge is 2.22. The Morgan fingerprint density at radius 2 is 1.93 bits per heavy atom. The Hall–Kier alpha value is -1.96. The molecule has 28 heavy (non-hydrogen) atoms. The number of hydrogen-bond acceptors (Lipinski definition) is 6. The van der Waals surface area contributed by atoms with E-state index < -0.39 is 0 Å². The second-order valence-electron chi connectivity index (χ2n) is 7.39. The third-order valence-electron chi connectivity index (χ3n) is 4.57. The van der Waals surface area contributed by atoms with E-state index in [1.54, 1.807) is 12.1 Å². The van der Waals surface area contributed by atoms with Crippen LogP contribution in [0.25, 0.3) is 11.4 Å². The van der Waals surface area contributed by atoms with Crippen LogP contribution in [0.3, 0.4) is 0 Å². The van der Waals surface area contributed by atoms with Crippen molar-refractivity contribution in [2.45, 2.75) is 26.8 Å². The Morgan fingerprint density at radius 3 is 2.61 bits per heavy atom. The van der Waals surface area contributed by atoms with Crippen LogP contribution in [-0.4, -0.2) is 65.2 Å². The zero-order valence-corrected chi connectivity index (χ0v) is 17.2. The molecule has 8 heteroatoms. The van der Waals surface area contributed by atoms with Gasteiger partial charge in [0, 0.05) is 43.4 Å². The van der Waals surface area contributed by atoms with Gasteiger partial charge in [-0.1, -0.05) is 30.6 Å². The summed E-state index contributed by atoms with van der Waals surface area (Å²) < 4.78 is 10.9. The number of piperazine rings is 1. The molecule has 0 N–H and O–H groups in total. The van der Waals surface area contributed by atoms with E-state index in [2.05, 4.69) is 28.9 Å². The highest BCUT2D eigenvalue weighted by Crippen LogP contribution is 2.19. The molecule has 1 fully saturated rings. The monoisotopic (exact) mass is 406 g/mol. The molecule has 152 valence electrons. The van der Waals surface area contributed by atoms with Crippen molar-refractivity contribution in [3.8, 4) is 11.4 Å². The van der Waals surface area contributed by atoms with Crippen LogP contribution < -0.4 is 0 Å². The summed E-state index contributed by atoms with van der Waals surface area (Å²) in [5.74, 6) is 1.78. The SMILES string of the molecule is CC(C)COCCC(=O)N1CCN(Cc2nc(-c3ccc(Cl)cc3)no2)CC1. The average Bonchev–Trinajstić information content (AvgIpc) is 3.14. The normalized spacial score (nSPS) is 15.4. The molecule has 1 aliphatic rings. The first-order chi connectivity index (χ1) is 13.5. The molecule has 1 amide bonds. The van der Waals surface area contributed by atoms with E-state index in [0.717, 1.165) is 18.7 Å². The van der Waals surface area contributed by atoms with E-state index in [1.807, 2.05) is 17.0 Å². The van der Waals surface area contributed by atoms with Crippen molar-refractivity contribution in [3.63, 3.8) is 0 Å². The van der Waals surface area contributed by atoms with Gasteiger partial charge in [-0.05, 0) is 30.2 Å². The summed E-state index contributed by atoms with van der Waals surface area (Å²) in [7, 11) is 0. The topological polar surface area (TPSA) is 71.7 Å². The van der Waals surface area contributed by atoms with Crippen LogP contribution >= 0.6 is 11.6 Å². The Bertz CT molecular complexity index is 755. The fourth-order valence-corrected chi connectivity index (χ4v) is 3.14. The Kier molecular flexibility index (Phi) is 7.42. The van der Waals surface area contributed by atoms with Gasteiger partial charge in [-0.15, -0.1) is 0 Å². The predicted octanol–water partition coefficient (Wildman–Crippen LogP) is 3.10. The van der Waals surface area contributed by atoms with Gasteiger partial charge in [-0.2, -0.15) is 4.98 Å². The van der Waals surface area contributed by atoms with Crippen LogP contribution in [-0.2, 0) is 16.1 Å². The summed E-state index contributed by atoms with van der Waals surface area (Å²) in [6.07, 6.45) is 0.445. The molecule has 2 heterocycles. The van der Waals surface area contributed by atoms with Crippen LogP contribution in [0.5, 0.6) is 0 Å². The Balaban J connectivity index is 1.42. The van der Waals surface area contributed by atoms with E-state index >= 15 is 0 Å². The molecule has 0 unspecified atom stereocenters. The van der Waals surface area contributed by atoms with E-state index in [4.69, 9.17) is 20.9 Å². The van der Waals surface area contributed by atoms with E-state index in [0.29, 0.717) is 61.9 Å². The highest BCUT2D eigenvalue weighted by molar-refractivity contribution is 6.30. The van der Waals surface area contributed by atoms with Gasteiger partial charge in [-0.3, -0.25) is 9.69 Å². The maximum atomic E-state index is 12.3. The maximum absolute atomic E-state index is 12.3. The minimum atomic E-state index is 0.159. The Labute approximate surface area is 170 Å². The fraction of sp³-hybridized carbons (Fsp3) is 0.550.